The molecular weight excluding hydrogens is 226 g/mol. The molecule has 18 heavy (non-hydrogen) atoms. The van der Waals surface area contributed by atoms with Crippen molar-refractivity contribution in [3.8, 4) is 11.8 Å². The molecule has 2 aromatic rings. The summed E-state index contributed by atoms with van der Waals surface area (Å²) < 4.78 is 0. The third-order valence-electron chi connectivity index (χ3n) is 2.54. The van der Waals surface area contributed by atoms with Crippen molar-refractivity contribution in [2.45, 2.75) is 13.5 Å². The summed E-state index contributed by atoms with van der Waals surface area (Å²) in [5.41, 5.74) is 2.88. The molecule has 0 saturated heterocycles. The van der Waals surface area contributed by atoms with Gasteiger partial charge < -0.3 is 10.4 Å². The van der Waals surface area contributed by atoms with Crippen LogP contribution in [0.5, 0.6) is 5.75 Å². The van der Waals surface area contributed by atoms with Crippen molar-refractivity contribution in [2.75, 3.05) is 5.32 Å². The van der Waals surface area contributed by atoms with Crippen molar-refractivity contribution in [1.29, 1.82) is 5.26 Å². The number of benzene rings is 1. The molecule has 1 aromatic heterocycles. The fraction of sp³-hybridized carbons (Fsp3) is 0.143. The molecule has 1 aromatic carbocycles. The molecule has 2 N–H and O–H groups in total. The molecule has 0 fully saturated rings. The lowest BCUT2D eigenvalue weighted by Gasteiger charge is -2.08. The van der Waals surface area contributed by atoms with E-state index >= 15 is 0 Å². The smallest absolute Gasteiger partial charge is 0.138 e. The zero-order valence-corrected chi connectivity index (χ0v) is 10.0. The lowest BCUT2D eigenvalue weighted by molar-refractivity contribution is 0.464. The topological polar surface area (TPSA) is 68.9 Å². The average Bonchev–Trinajstić information content (AvgIpc) is 2.40. The Morgan fingerprint density at radius 2 is 2.17 bits per heavy atom. The molecule has 0 saturated carbocycles. The Morgan fingerprint density at radius 1 is 1.33 bits per heavy atom. The van der Waals surface area contributed by atoms with Crippen LogP contribution in [0.2, 0.25) is 0 Å². The summed E-state index contributed by atoms with van der Waals surface area (Å²) in [6, 6.07) is 12.6. The normalized spacial score (nSPS) is 9.78. The summed E-state index contributed by atoms with van der Waals surface area (Å²) in [6.07, 6.45) is 0. The number of anilines is 1. The van der Waals surface area contributed by atoms with E-state index in [0.717, 1.165) is 11.4 Å². The van der Waals surface area contributed by atoms with Crippen LogP contribution in [-0.2, 0) is 6.54 Å². The van der Waals surface area contributed by atoms with Crippen molar-refractivity contribution in [3.63, 3.8) is 0 Å². The van der Waals surface area contributed by atoms with Crippen LogP contribution in [-0.4, -0.2) is 10.1 Å². The average molecular weight is 239 g/mol. The first-order valence-corrected chi connectivity index (χ1v) is 5.58. The predicted molar refractivity (Wildman–Crippen MR) is 69.1 cm³/mol. The largest absolute Gasteiger partial charge is 0.506 e. The van der Waals surface area contributed by atoms with Gasteiger partial charge in [-0.25, -0.2) is 0 Å². The quantitative estimate of drug-likeness (QED) is 0.863. The number of aryl methyl sites for hydroxylation is 1. The van der Waals surface area contributed by atoms with Gasteiger partial charge >= 0.3 is 0 Å². The van der Waals surface area contributed by atoms with E-state index in [1.807, 2.05) is 19.1 Å². The Labute approximate surface area is 106 Å². The maximum atomic E-state index is 9.66. The Kier molecular flexibility index (Phi) is 3.44. The SMILES string of the molecule is Cc1ccc(O)c(CNc2cccc(C#N)c2)n1. The first-order valence-electron chi connectivity index (χ1n) is 5.58. The molecule has 2 rings (SSSR count). The summed E-state index contributed by atoms with van der Waals surface area (Å²) in [5.74, 6) is 0.171. The van der Waals surface area contributed by atoms with E-state index < -0.39 is 0 Å². The van der Waals surface area contributed by atoms with Gasteiger partial charge in [-0.2, -0.15) is 5.26 Å². The molecule has 1 heterocycles. The van der Waals surface area contributed by atoms with Crippen molar-refractivity contribution >= 4 is 5.69 Å². The maximum Gasteiger partial charge on any atom is 0.138 e. The van der Waals surface area contributed by atoms with E-state index in [-0.39, 0.29) is 5.75 Å². The van der Waals surface area contributed by atoms with E-state index in [1.165, 1.54) is 0 Å². The van der Waals surface area contributed by atoms with Gasteiger partial charge in [0.2, 0.25) is 0 Å². The minimum atomic E-state index is 0.171. The van der Waals surface area contributed by atoms with Crippen LogP contribution in [0.1, 0.15) is 17.0 Å². The molecule has 0 aliphatic carbocycles. The fourth-order valence-electron chi connectivity index (χ4n) is 1.62. The molecule has 0 amide bonds. The first kappa shape index (κ1) is 11.9. The maximum absolute atomic E-state index is 9.66. The number of hydrogen-bond donors (Lipinski definition) is 2. The second-order valence-electron chi connectivity index (χ2n) is 3.96. The minimum absolute atomic E-state index is 0.171. The third kappa shape index (κ3) is 2.77. The number of hydrogen-bond acceptors (Lipinski definition) is 4. The molecule has 0 atom stereocenters. The molecule has 0 radical (unpaired) electrons. The van der Waals surface area contributed by atoms with Crippen LogP contribution >= 0.6 is 0 Å². The number of pyridine rings is 1. The van der Waals surface area contributed by atoms with Crippen LogP contribution in [0.25, 0.3) is 0 Å². The summed E-state index contributed by atoms with van der Waals surface area (Å²) in [4.78, 5) is 4.25. The Hall–Kier alpha value is -2.54. The highest BCUT2D eigenvalue weighted by Gasteiger charge is 2.03. The number of rotatable bonds is 3. The lowest BCUT2D eigenvalue weighted by Crippen LogP contribution is -2.03. The second kappa shape index (κ2) is 5.19. The lowest BCUT2D eigenvalue weighted by atomic mass is 10.2. The number of aromatic hydroxyl groups is 1. The predicted octanol–water partition coefficient (Wildman–Crippen LogP) is 2.58. The molecule has 0 bridgehead atoms. The second-order valence-corrected chi connectivity index (χ2v) is 3.96. The minimum Gasteiger partial charge on any atom is -0.506 e. The standard InChI is InChI=1S/C14H13N3O/c1-10-5-6-14(18)13(17-10)9-16-12-4-2-3-11(7-12)8-15/h2-7,16,18H,9H2,1H3. The summed E-state index contributed by atoms with van der Waals surface area (Å²) in [5, 5.41) is 21.6. The van der Waals surface area contributed by atoms with Gasteiger partial charge in [0.25, 0.3) is 0 Å². The van der Waals surface area contributed by atoms with Crippen LogP contribution in [0.15, 0.2) is 36.4 Å². The highest BCUT2D eigenvalue weighted by Crippen LogP contribution is 2.17. The van der Waals surface area contributed by atoms with E-state index in [2.05, 4.69) is 16.4 Å². The first-order chi connectivity index (χ1) is 8.69. The molecule has 0 spiro atoms. The van der Waals surface area contributed by atoms with Crippen molar-refractivity contribution in [1.82, 2.24) is 4.98 Å². The van der Waals surface area contributed by atoms with Gasteiger partial charge in [-0.15, -0.1) is 0 Å². The summed E-state index contributed by atoms with van der Waals surface area (Å²) in [7, 11) is 0. The summed E-state index contributed by atoms with van der Waals surface area (Å²) in [6.45, 7) is 2.29. The highest BCUT2D eigenvalue weighted by atomic mass is 16.3. The van der Waals surface area contributed by atoms with Gasteiger partial charge in [0.1, 0.15) is 11.4 Å². The van der Waals surface area contributed by atoms with Gasteiger partial charge in [-0.05, 0) is 37.3 Å². The third-order valence-corrected chi connectivity index (χ3v) is 2.54. The molecule has 4 heteroatoms. The zero-order valence-electron chi connectivity index (χ0n) is 10.0. The van der Waals surface area contributed by atoms with Gasteiger partial charge in [0.05, 0.1) is 18.2 Å². The van der Waals surface area contributed by atoms with Crippen molar-refractivity contribution in [3.05, 3.63) is 53.3 Å². The Balaban J connectivity index is 2.11. The van der Waals surface area contributed by atoms with Crippen LogP contribution < -0.4 is 5.32 Å². The number of nitriles is 1. The van der Waals surface area contributed by atoms with Gasteiger partial charge in [0.15, 0.2) is 0 Å². The Morgan fingerprint density at radius 3 is 2.94 bits per heavy atom. The fourth-order valence-corrected chi connectivity index (χ4v) is 1.62. The van der Waals surface area contributed by atoms with Gasteiger partial charge in [0, 0.05) is 11.4 Å². The molecule has 0 unspecified atom stereocenters. The Bertz CT molecular complexity index is 602. The van der Waals surface area contributed by atoms with Gasteiger partial charge in [-0.3, -0.25) is 4.98 Å². The number of aromatic nitrogens is 1. The van der Waals surface area contributed by atoms with Crippen LogP contribution in [0.4, 0.5) is 5.69 Å². The van der Waals surface area contributed by atoms with Crippen molar-refractivity contribution < 1.29 is 5.11 Å². The molecule has 0 aliphatic rings. The van der Waals surface area contributed by atoms with Gasteiger partial charge in [-0.1, -0.05) is 6.07 Å². The molecule has 4 nitrogen and oxygen atoms in total. The zero-order chi connectivity index (χ0) is 13.0. The number of nitrogens with zero attached hydrogens (tertiary/aromatic N) is 2. The summed E-state index contributed by atoms with van der Waals surface area (Å²) >= 11 is 0. The van der Waals surface area contributed by atoms with Crippen LogP contribution in [0, 0.1) is 18.3 Å². The van der Waals surface area contributed by atoms with E-state index in [0.29, 0.717) is 17.8 Å². The highest BCUT2D eigenvalue weighted by molar-refractivity contribution is 5.49. The molecular formula is C14H13N3O. The van der Waals surface area contributed by atoms with E-state index in [9.17, 15) is 5.11 Å². The monoisotopic (exact) mass is 239 g/mol. The van der Waals surface area contributed by atoms with E-state index in [4.69, 9.17) is 5.26 Å². The molecule has 90 valence electrons. The molecule has 0 aliphatic heterocycles. The number of nitrogens with one attached hydrogen (secondary N) is 1. The van der Waals surface area contributed by atoms with Crippen LogP contribution in [0.3, 0.4) is 0 Å². The van der Waals surface area contributed by atoms with E-state index in [1.54, 1.807) is 24.3 Å². The van der Waals surface area contributed by atoms with Crippen molar-refractivity contribution in [2.24, 2.45) is 0 Å².